The van der Waals surface area contributed by atoms with E-state index in [-0.39, 0.29) is 34.6 Å². The number of hydrogen-bond acceptors (Lipinski definition) is 3. The molecule has 2 heterocycles. The molecule has 1 N–H and O–H groups in total. The number of fused-ring (bicyclic) bond motifs is 1. The van der Waals surface area contributed by atoms with E-state index in [4.69, 9.17) is 0 Å². The summed E-state index contributed by atoms with van der Waals surface area (Å²) in [6, 6.07) is 8.22. The van der Waals surface area contributed by atoms with Crippen molar-refractivity contribution in [3.63, 3.8) is 0 Å². The predicted molar refractivity (Wildman–Crippen MR) is 127 cm³/mol. The lowest BCUT2D eigenvalue weighted by atomic mass is 10.2. The van der Waals surface area contributed by atoms with Crippen LogP contribution in [0.2, 0.25) is 0 Å². The highest BCUT2D eigenvalue weighted by molar-refractivity contribution is 14.0. The zero-order valence-corrected chi connectivity index (χ0v) is 19.7. The molecule has 1 aromatic rings. The number of benzene rings is 1. The van der Waals surface area contributed by atoms with Gasteiger partial charge in [0.2, 0.25) is 5.91 Å². The first-order chi connectivity index (χ1) is 12.5. The Morgan fingerprint density at radius 2 is 2.07 bits per heavy atom. The predicted octanol–water partition coefficient (Wildman–Crippen LogP) is 3.38. The summed E-state index contributed by atoms with van der Waals surface area (Å²) < 4.78 is 0.259. The maximum Gasteiger partial charge on any atom is 0.227 e. The average molecular weight is 502 g/mol. The molecular weight excluding hydrogens is 471 g/mol. The maximum atomic E-state index is 12.6. The van der Waals surface area contributed by atoms with Gasteiger partial charge in [-0.15, -0.1) is 24.0 Å². The maximum absolute atomic E-state index is 12.6. The van der Waals surface area contributed by atoms with E-state index in [9.17, 15) is 4.79 Å². The SMILES string of the molecule is CN=C(NCCCC(=O)N1CCc2ccccc21)N1CCSC(C)(C)C1.I. The van der Waals surface area contributed by atoms with E-state index in [1.54, 1.807) is 0 Å². The summed E-state index contributed by atoms with van der Waals surface area (Å²) in [7, 11) is 1.84. The molecule has 0 unspecified atom stereocenters. The Balaban J connectivity index is 0.00000261. The first-order valence-corrected chi connectivity index (χ1v) is 10.5. The number of nitrogens with zero attached hydrogens (tertiary/aromatic N) is 3. The molecule has 0 radical (unpaired) electrons. The van der Waals surface area contributed by atoms with Crippen LogP contribution in [0.25, 0.3) is 0 Å². The van der Waals surface area contributed by atoms with Gasteiger partial charge in [-0.25, -0.2) is 0 Å². The van der Waals surface area contributed by atoms with E-state index in [1.165, 1.54) is 5.56 Å². The van der Waals surface area contributed by atoms with E-state index < -0.39 is 0 Å². The van der Waals surface area contributed by atoms with Crippen molar-refractivity contribution in [2.75, 3.05) is 43.9 Å². The second-order valence-corrected chi connectivity index (χ2v) is 9.33. The van der Waals surface area contributed by atoms with Gasteiger partial charge in [-0.1, -0.05) is 18.2 Å². The largest absolute Gasteiger partial charge is 0.356 e. The molecule has 1 amide bonds. The highest BCUT2D eigenvalue weighted by Crippen LogP contribution is 2.29. The number of amides is 1. The Morgan fingerprint density at radius 3 is 2.81 bits per heavy atom. The van der Waals surface area contributed by atoms with Crippen LogP contribution in [0.1, 0.15) is 32.3 Å². The standard InChI is InChI=1S/C20H30N4OS.HI/c1-20(2)15-23(13-14-26-20)19(21-3)22-11-6-9-18(25)24-12-10-16-7-4-5-8-17(16)24;/h4-5,7-8H,6,9-15H2,1-3H3,(H,21,22);1H. The van der Waals surface area contributed by atoms with Crippen molar-refractivity contribution in [1.29, 1.82) is 0 Å². The average Bonchev–Trinajstić information content (AvgIpc) is 3.05. The number of hydrogen-bond donors (Lipinski definition) is 1. The smallest absolute Gasteiger partial charge is 0.227 e. The fraction of sp³-hybridized carbons (Fsp3) is 0.600. The van der Waals surface area contributed by atoms with Crippen molar-refractivity contribution in [3.05, 3.63) is 29.8 Å². The first-order valence-electron chi connectivity index (χ1n) is 9.48. The minimum Gasteiger partial charge on any atom is -0.356 e. The van der Waals surface area contributed by atoms with Crippen LogP contribution in [0.3, 0.4) is 0 Å². The van der Waals surface area contributed by atoms with Crippen LogP contribution >= 0.6 is 35.7 Å². The molecule has 0 aliphatic carbocycles. The number of carbonyl (C=O) groups excluding carboxylic acids is 1. The van der Waals surface area contributed by atoms with E-state index in [1.807, 2.05) is 35.8 Å². The third-order valence-corrected chi connectivity index (χ3v) is 6.27. The first kappa shape index (κ1) is 22.3. The number of thioether (sulfide) groups is 1. The molecule has 0 bridgehead atoms. The number of para-hydroxylation sites is 1. The molecule has 2 aliphatic heterocycles. The molecule has 0 saturated carbocycles. The van der Waals surface area contributed by atoms with Crippen LogP contribution < -0.4 is 10.2 Å². The van der Waals surface area contributed by atoms with Gasteiger partial charge in [0, 0.05) is 55.8 Å². The van der Waals surface area contributed by atoms with Gasteiger partial charge in [0.05, 0.1) is 0 Å². The molecule has 1 fully saturated rings. The molecule has 5 nitrogen and oxygen atoms in total. The van der Waals surface area contributed by atoms with Crippen molar-refractivity contribution in [3.8, 4) is 0 Å². The van der Waals surface area contributed by atoms with Gasteiger partial charge in [-0.3, -0.25) is 9.79 Å². The summed E-state index contributed by atoms with van der Waals surface area (Å²) >= 11 is 2.02. The number of halogens is 1. The monoisotopic (exact) mass is 502 g/mol. The van der Waals surface area contributed by atoms with Crippen LogP contribution in [0.4, 0.5) is 5.69 Å². The van der Waals surface area contributed by atoms with Crippen molar-refractivity contribution in [2.24, 2.45) is 4.99 Å². The van der Waals surface area contributed by atoms with Crippen molar-refractivity contribution in [1.82, 2.24) is 10.2 Å². The lowest BCUT2D eigenvalue weighted by Crippen LogP contribution is -2.51. The van der Waals surface area contributed by atoms with Crippen LogP contribution in [-0.2, 0) is 11.2 Å². The lowest BCUT2D eigenvalue weighted by molar-refractivity contribution is -0.118. The number of rotatable bonds is 4. The number of nitrogens with one attached hydrogen (secondary N) is 1. The Morgan fingerprint density at radius 1 is 1.30 bits per heavy atom. The molecule has 3 rings (SSSR count). The van der Waals surface area contributed by atoms with Crippen molar-refractivity contribution < 1.29 is 4.79 Å². The molecule has 2 aliphatic rings. The van der Waals surface area contributed by atoms with Gasteiger partial charge in [0.1, 0.15) is 0 Å². The molecule has 0 aromatic heterocycles. The third-order valence-electron chi connectivity index (χ3n) is 4.98. The fourth-order valence-electron chi connectivity index (χ4n) is 3.70. The zero-order valence-electron chi connectivity index (χ0n) is 16.5. The summed E-state index contributed by atoms with van der Waals surface area (Å²) in [4.78, 5) is 21.3. The minimum absolute atomic E-state index is 0. The van der Waals surface area contributed by atoms with Gasteiger partial charge in [0.15, 0.2) is 5.96 Å². The molecular formula is C20H31IN4OS. The molecule has 1 aromatic carbocycles. The number of guanidine groups is 1. The third kappa shape index (κ3) is 5.76. The molecule has 0 spiro atoms. The van der Waals surface area contributed by atoms with Crippen molar-refractivity contribution in [2.45, 2.75) is 37.9 Å². The minimum atomic E-state index is 0. The lowest BCUT2D eigenvalue weighted by Gasteiger charge is -2.39. The number of anilines is 1. The normalized spacial score (nSPS) is 18.7. The van der Waals surface area contributed by atoms with Crippen LogP contribution in [0, 0.1) is 0 Å². The summed E-state index contributed by atoms with van der Waals surface area (Å²) in [5, 5.41) is 3.44. The quantitative estimate of drug-likeness (QED) is 0.297. The van der Waals surface area contributed by atoms with Crippen molar-refractivity contribution >= 4 is 53.3 Å². The highest BCUT2D eigenvalue weighted by Gasteiger charge is 2.28. The Labute approximate surface area is 184 Å². The fourth-order valence-corrected chi connectivity index (χ4v) is 4.81. The van der Waals surface area contributed by atoms with Gasteiger partial charge in [-0.2, -0.15) is 11.8 Å². The van der Waals surface area contributed by atoms with E-state index in [0.29, 0.717) is 6.42 Å². The van der Waals surface area contributed by atoms with Crippen LogP contribution in [0.15, 0.2) is 29.3 Å². The summed E-state index contributed by atoms with van der Waals surface area (Å²) in [6.07, 6.45) is 2.36. The molecule has 1 saturated heterocycles. The van der Waals surface area contributed by atoms with Gasteiger partial charge < -0.3 is 15.1 Å². The second kappa shape index (κ2) is 10.0. The summed E-state index contributed by atoms with van der Waals surface area (Å²) in [5.74, 6) is 2.31. The molecule has 0 atom stereocenters. The van der Waals surface area contributed by atoms with Gasteiger partial charge >= 0.3 is 0 Å². The summed E-state index contributed by atoms with van der Waals surface area (Å²) in [5.41, 5.74) is 2.37. The Bertz CT molecular complexity index is 680. The zero-order chi connectivity index (χ0) is 18.6. The van der Waals surface area contributed by atoms with E-state index in [2.05, 4.69) is 41.2 Å². The molecule has 27 heavy (non-hydrogen) atoms. The van der Waals surface area contributed by atoms with Crippen LogP contribution in [-0.4, -0.2) is 60.5 Å². The topological polar surface area (TPSA) is 47.9 Å². The van der Waals surface area contributed by atoms with Gasteiger partial charge in [0.25, 0.3) is 0 Å². The van der Waals surface area contributed by atoms with E-state index in [0.717, 1.165) is 56.4 Å². The molecule has 150 valence electrons. The Kier molecular flexibility index (Phi) is 8.27. The summed E-state index contributed by atoms with van der Waals surface area (Å²) in [6.45, 7) is 8.18. The second-order valence-electron chi connectivity index (χ2n) is 7.53. The highest BCUT2D eigenvalue weighted by atomic mass is 127. The van der Waals surface area contributed by atoms with E-state index >= 15 is 0 Å². The Hall–Kier alpha value is -0.960. The van der Waals surface area contributed by atoms with Crippen LogP contribution in [0.5, 0.6) is 0 Å². The number of carbonyl (C=O) groups is 1. The van der Waals surface area contributed by atoms with Gasteiger partial charge in [-0.05, 0) is 38.3 Å². The number of aliphatic imine (C=N–C) groups is 1. The molecule has 7 heteroatoms.